The van der Waals surface area contributed by atoms with Gasteiger partial charge in [0.25, 0.3) is 0 Å². The fourth-order valence-electron chi connectivity index (χ4n) is 2.52. The number of aromatic carboxylic acids is 1. The van der Waals surface area contributed by atoms with Crippen LogP contribution in [0.3, 0.4) is 0 Å². The number of carboxylic acid groups (broad SMARTS) is 1. The average Bonchev–Trinajstić information content (AvgIpc) is 2.40. The maximum atomic E-state index is 10.9. The van der Waals surface area contributed by atoms with Crippen molar-refractivity contribution in [1.82, 2.24) is 9.88 Å². The lowest BCUT2D eigenvalue weighted by Crippen LogP contribution is -2.47. The standard InChI is InChI=1S/C14H21N3O2/c1-3-4-16-5-7-17(8-6-16)13-11(2)9-12(10-15-13)14(18)19/h9-10H,3-8H2,1-2H3,(H,18,19). The zero-order chi connectivity index (χ0) is 13.8. The molecule has 1 fully saturated rings. The Labute approximate surface area is 113 Å². The van der Waals surface area contributed by atoms with Crippen molar-refractivity contribution < 1.29 is 9.90 Å². The largest absolute Gasteiger partial charge is 0.478 e. The van der Waals surface area contributed by atoms with E-state index in [1.165, 1.54) is 12.6 Å². The average molecular weight is 263 g/mol. The van der Waals surface area contributed by atoms with Gasteiger partial charge in [0, 0.05) is 32.4 Å². The molecule has 0 spiro atoms. The van der Waals surface area contributed by atoms with Gasteiger partial charge in [-0.1, -0.05) is 6.92 Å². The number of piperazine rings is 1. The van der Waals surface area contributed by atoms with Gasteiger partial charge in [-0.15, -0.1) is 0 Å². The Morgan fingerprint density at radius 2 is 2.05 bits per heavy atom. The Morgan fingerprint density at radius 3 is 2.58 bits per heavy atom. The highest BCUT2D eigenvalue weighted by atomic mass is 16.4. The second-order valence-corrected chi connectivity index (χ2v) is 5.00. The smallest absolute Gasteiger partial charge is 0.337 e. The molecule has 1 N–H and O–H groups in total. The number of pyridine rings is 1. The zero-order valence-electron chi connectivity index (χ0n) is 11.6. The molecule has 0 atom stereocenters. The molecule has 1 saturated heterocycles. The van der Waals surface area contributed by atoms with Crippen LogP contribution < -0.4 is 4.90 Å². The summed E-state index contributed by atoms with van der Waals surface area (Å²) in [6.07, 6.45) is 2.63. The lowest BCUT2D eigenvalue weighted by molar-refractivity contribution is 0.0696. The predicted octanol–water partition coefficient (Wildman–Crippen LogP) is 1.62. The van der Waals surface area contributed by atoms with Crippen LogP contribution in [0.15, 0.2) is 12.3 Å². The second kappa shape index (κ2) is 6.02. The van der Waals surface area contributed by atoms with Gasteiger partial charge in [-0.25, -0.2) is 9.78 Å². The molecular formula is C14H21N3O2. The fraction of sp³-hybridized carbons (Fsp3) is 0.571. The quantitative estimate of drug-likeness (QED) is 0.894. The number of hydrogen-bond acceptors (Lipinski definition) is 4. The lowest BCUT2D eigenvalue weighted by Gasteiger charge is -2.35. The molecule has 19 heavy (non-hydrogen) atoms. The molecule has 0 bridgehead atoms. The van der Waals surface area contributed by atoms with Gasteiger partial charge in [0.2, 0.25) is 0 Å². The molecule has 1 aromatic heterocycles. The summed E-state index contributed by atoms with van der Waals surface area (Å²) in [5, 5.41) is 8.94. The van der Waals surface area contributed by atoms with Crippen LogP contribution in [0.1, 0.15) is 29.3 Å². The fourth-order valence-corrected chi connectivity index (χ4v) is 2.52. The molecule has 0 aliphatic carbocycles. The van der Waals surface area contributed by atoms with Gasteiger partial charge >= 0.3 is 5.97 Å². The van der Waals surface area contributed by atoms with Crippen LogP contribution in [0.25, 0.3) is 0 Å². The van der Waals surface area contributed by atoms with Gasteiger partial charge < -0.3 is 10.0 Å². The molecule has 0 amide bonds. The predicted molar refractivity (Wildman–Crippen MR) is 74.9 cm³/mol. The van der Waals surface area contributed by atoms with Crippen molar-refractivity contribution in [2.45, 2.75) is 20.3 Å². The van der Waals surface area contributed by atoms with E-state index in [9.17, 15) is 4.79 Å². The minimum atomic E-state index is -0.921. The van der Waals surface area contributed by atoms with Crippen molar-refractivity contribution in [3.8, 4) is 0 Å². The summed E-state index contributed by atoms with van der Waals surface area (Å²) in [6, 6.07) is 1.70. The van der Waals surface area contributed by atoms with Crippen molar-refractivity contribution in [2.24, 2.45) is 0 Å². The third-order valence-corrected chi connectivity index (χ3v) is 3.51. The van der Waals surface area contributed by atoms with Crippen molar-refractivity contribution >= 4 is 11.8 Å². The number of anilines is 1. The minimum absolute atomic E-state index is 0.255. The SMILES string of the molecule is CCCN1CCN(c2ncc(C(=O)O)cc2C)CC1. The summed E-state index contributed by atoms with van der Waals surface area (Å²) in [5.41, 5.74) is 1.19. The number of hydrogen-bond donors (Lipinski definition) is 1. The van der Waals surface area contributed by atoms with Crippen molar-refractivity contribution in [1.29, 1.82) is 0 Å². The van der Waals surface area contributed by atoms with Crippen LogP contribution >= 0.6 is 0 Å². The van der Waals surface area contributed by atoms with E-state index in [1.807, 2.05) is 6.92 Å². The van der Waals surface area contributed by atoms with E-state index < -0.39 is 5.97 Å². The number of nitrogens with zero attached hydrogens (tertiary/aromatic N) is 3. The topological polar surface area (TPSA) is 56.7 Å². The molecule has 104 valence electrons. The molecule has 0 unspecified atom stereocenters. The first-order valence-corrected chi connectivity index (χ1v) is 6.79. The Bertz CT molecular complexity index is 454. The Morgan fingerprint density at radius 1 is 1.37 bits per heavy atom. The van der Waals surface area contributed by atoms with Gasteiger partial charge in [-0.3, -0.25) is 4.90 Å². The summed E-state index contributed by atoms with van der Waals surface area (Å²) in [7, 11) is 0. The van der Waals surface area contributed by atoms with Crippen LogP contribution in [-0.2, 0) is 0 Å². The van der Waals surface area contributed by atoms with Crippen LogP contribution in [0.2, 0.25) is 0 Å². The number of rotatable bonds is 4. The van der Waals surface area contributed by atoms with E-state index in [0.29, 0.717) is 0 Å². The number of carboxylic acids is 1. The Hall–Kier alpha value is -1.62. The van der Waals surface area contributed by atoms with E-state index in [1.54, 1.807) is 6.07 Å². The molecule has 0 saturated carbocycles. The summed E-state index contributed by atoms with van der Waals surface area (Å²) < 4.78 is 0. The highest BCUT2D eigenvalue weighted by Crippen LogP contribution is 2.19. The van der Waals surface area contributed by atoms with Crippen LogP contribution in [0.4, 0.5) is 5.82 Å². The molecule has 2 rings (SSSR count). The van der Waals surface area contributed by atoms with Gasteiger partial charge in [-0.2, -0.15) is 0 Å². The summed E-state index contributed by atoms with van der Waals surface area (Å²) in [6.45, 7) is 9.29. The molecule has 1 aromatic rings. The number of aryl methyl sites for hydroxylation is 1. The molecular weight excluding hydrogens is 242 g/mol. The van der Waals surface area contributed by atoms with E-state index in [2.05, 4.69) is 21.7 Å². The summed E-state index contributed by atoms with van der Waals surface area (Å²) >= 11 is 0. The molecule has 2 heterocycles. The van der Waals surface area contributed by atoms with E-state index in [4.69, 9.17) is 5.11 Å². The van der Waals surface area contributed by atoms with Gasteiger partial charge in [0.05, 0.1) is 5.56 Å². The van der Waals surface area contributed by atoms with E-state index in [0.717, 1.165) is 44.1 Å². The van der Waals surface area contributed by atoms with Gasteiger partial charge in [-0.05, 0) is 31.5 Å². The lowest BCUT2D eigenvalue weighted by atomic mass is 10.2. The molecule has 0 aromatic carbocycles. The third kappa shape index (κ3) is 3.23. The number of aromatic nitrogens is 1. The first kappa shape index (κ1) is 13.8. The van der Waals surface area contributed by atoms with E-state index in [-0.39, 0.29) is 5.56 Å². The molecule has 5 nitrogen and oxygen atoms in total. The maximum Gasteiger partial charge on any atom is 0.337 e. The highest BCUT2D eigenvalue weighted by Gasteiger charge is 2.19. The number of carbonyl (C=O) groups is 1. The third-order valence-electron chi connectivity index (χ3n) is 3.51. The van der Waals surface area contributed by atoms with Crippen molar-refractivity contribution in [3.63, 3.8) is 0 Å². The van der Waals surface area contributed by atoms with Gasteiger partial charge in [0.15, 0.2) is 0 Å². The maximum absolute atomic E-state index is 10.9. The first-order valence-electron chi connectivity index (χ1n) is 6.79. The normalized spacial score (nSPS) is 16.6. The molecule has 0 radical (unpaired) electrons. The minimum Gasteiger partial charge on any atom is -0.478 e. The van der Waals surface area contributed by atoms with Gasteiger partial charge in [0.1, 0.15) is 5.82 Å². The molecule has 1 aliphatic heterocycles. The summed E-state index contributed by atoms with van der Waals surface area (Å²) in [5.74, 6) is -0.00364. The van der Waals surface area contributed by atoms with E-state index >= 15 is 0 Å². The zero-order valence-corrected chi connectivity index (χ0v) is 11.6. The molecule has 1 aliphatic rings. The second-order valence-electron chi connectivity index (χ2n) is 5.00. The van der Waals surface area contributed by atoms with Crippen LogP contribution in [-0.4, -0.2) is 53.7 Å². The van der Waals surface area contributed by atoms with Crippen LogP contribution in [0, 0.1) is 6.92 Å². The van der Waals surface area contributed by atoms with Crippen molar-refractivity contribution in [2.75, 3.05) is 37.6 Å². The summed E-state index contributed by atoms with van der Waals surface area (Å²) in [4.78, 5) is 19.9. The highest BCUT2D eigenvalue weighted by molar-refractivity contribution is 5.87. The Balaban J connectivity index is 2.05. The van der Waals surface area contributed by atoms with Crippen molar-refractivity contribution in [3.05, 3.63) is 23.4 Å². The molecule has 5 heteroatoms. The Kier molecular flexibility index (Phi) is 4.37. The van der Waals surface area contributed by atoms with Crippen LogP contribution in [0.5, 0.6) is 0 Å². The monoisotopic (exact) mass is 263 g/mol. The first-order chi connectivity index (χ1) is 9.11.